The highest BCUT2D eigenvalue weighted by Crippen LogP contribution is 2.67. The summed E-state index contributed by atoms with van der Waals surface area (Å²) >= 11 is 1.83. The zero-order chi connectivity index (χ0) is 86.2. The Morgan fingerprint density at radius 2 is 1.25 bits per heavy atom. The Balaban J connectivity index is 0.000000371. The molecule has 21 N–H and O–H groups in total. The van der Waals surface area contributed by atoms with Crippen LogP contribution in [0.1, 0.15) is 72.5 Å². The molecule has 0 bridgehead atoms. The Hall–Kier alpha value is -8.92. The molecule has 4 aliphatic heterocycles. The van der Waals surface area contributed by atoms with E-state index in [0.717, 1.165) is 18.6 Å². The van der Waals surface area contributed by atoms with Crippen molar-refractivity contribution in [2.45, 2.75) is 99.0 Å². The second-order valence-corrected chi connectivity index (χ2v) is 34.4. The summed E-state index contributed by atoms with van der Waals surface area (Å²) in [7, 11) is -33.9. The largest absolute Gasteiger partial charge is 0.491 e. The number of H-pyrrole nitrogens is 2. The molecule has 1 aromatic carbocycles. The number of urea groups is 1. The molecule has 0 radical (unpaired) electrons. The number of nitrogen functional groups attached to an aromatic ring is 2. The lowest BCUT2D eigenvalue weighted by molar-refractivity contribution is -0.126. The first-order valence-electron chi connectivity index (χ1n) is 33.8. The van der Waals surface area contributed by atoms with E-state index in [9.17, 15) is 75.7 Å². The third kappa shape index (κ3) is 29.8. The Labute approximate surface area is 665 Å². The van der Waals surface area contributed by atoms with E-state index in [0.29, 0.717) is 18.1 Å². The van der Waals surface area contributed by atoms with Crippen LogP contribution in [0, 0.1) is 23.7 Å². The number of nitrogens with one attached hydrogen (secondary N) is 7. The maximum atomic E-state index is 13.1. The van der Waals surface area contributed by atoms with Crippen molar-refractivity contribution in [3.05, 3.63) is 105 Å². The highest BCUT2D eigenvalue weighted by Gasteiger charge is 2.47. The molecule has 7 unspecified atom stereocenters. The Bertz CT molecular complexity index is 5190. The average molecular weight is 1800 g/mol. The minimum Gasteiger partial charge on any atom is -0.491 e. The lowest BCUT2D eigenvalue weighted by atomic mass is 10.0. The number of fused-ring (bicyclic) bond motifs is 3. The Kier molecular flexibility index (Phi) is 34.7. The first-order chi connectivity index (χ1) is 55.8. The number of hydrogen-bond acceptors (Lipinski definition) is 34. The SMILES string of the molecule is [N-]=[N+]=NCOC1C[C@H](n2cc(C#CCN)c3c(=O)[nH]c(N)nc32)O[C@@H]1COP(=O)(O)OP(=O)(O)OP(=O)(O)O.[N-]=[N+]=NCOC1C[C@H](n2cc(C#CCNC(=O)COCCOC(COc3cccc(C(=O)NCCNC(=O)CCCC[C@H]4SC[C@H]5NC(=O)N[C@H]54)c3)N=[N+]=[N-])c3c(=O)[nH]c(N)nc32)O[C@@H]1COP(=O)(O)OP(=O)(O)OP(=O)(O)O. The van der Waals surface area contributed by atoms with Crippen molar-refractivity contribution in [3.63, 3.8) is 0 Å². The standard InChI is InChI=1S/C40H54N15O20P3S.C15H21N8O13P3/c41-39-50-36-34(38(59)51-39)24(17-55(36)33-16-27(71-22-47-53-42)28(73-33)18-72-77(64,65)75-78(66,67)74-76(61,62)63)6-4-10-44-31(57)19-68-13-14-69-32(52-54-43)20-70-25-7-3-5-23(15-25)37(58)46-12-11-45-30(56)9-2-1-8-29-35-26(21-79-29)48-40(60)49-35;16-3-1-2-8-5-23(13-12(8)14(24)21-15(17)20-13)11-4-9(32-7-19-22-18)10(34-11)6-33-38(28,29)36-39(30,31)35-37(25,26)27/h3,5,7,15,17,26-29,32-33,35H,1-2,8-14,16,18-22H2,(H,44,57)(H,45,56)(H,46,58)(H,64,65)(H,66,67)(H2,48,49,60)(H2,61,62,63)(H3,41,50,51,59);5,9-11H,3-4,6-7,16H2,(H,28,29)(H,30,31)(H2,25,26,27)(H3,17,20,21,24)/t26-,27?,28-,29-,32?,33-,35-;9?,10-,11-/m11/s1. The summed E-state index contributed by atoms with van der Waals surface area (Å²) in [5.74, 6) is 10.3. The molecule has 4 saturated heterocycles. The van der Waals surface area contributed by atoms with E-state index in [1.165, 1.54) is 27.6 Å². The van der Waals surface area contributed by atoms with Gasteiger partial charge in [-0.05, 0) is 47.6 Å². The number of amides is 5. The molecule has 0 spiro atoms. The van der Waals surface area contributed by atoms with Crippen molar-refractivity contribution >= 4 is 116 Å². The molecule has 9 rings (SSSR count). The summed E-state index contributed by atoms with van der Waals surface area (Å²) in [6.07, 6.45) is -2.54. The summed E-state index contributed by atoms with van der Waals surface area (Å²) in [6.45, 7) is -3.63. The molecule has 118 heavy (non-hydrogen) atoms. The zero-order valence-electron chi connectivity index (χ0n) is 60.6. The first-order valence-corrected chi connectivity index (χ1v) is 43.9. The lowest BCUT2D eigenvalue weighted by Crippen LogP contribution is -2.36. The fourth-order valence-corrected chi connectivity index (χ4v) is 19.0. The number of carbonyl (C=O) groups is 4. The van der Waals surface area contributed by atoms with Crippen molar-refractivity contribution in [1.29, 1.82) is 0 Å². The van der Waals surface area contributed by atoms with Crippen molar-refractivity contribution < 1.29 is 145 Å². The molecule has 8 heterocycles. The number of aromatic amines is 2. The van der Waals surface area contributed by atoms with Crippen molar-refractivity contribution in [2.75, 3.05) is 96.5 Å². The minimum absolute atomic E-state index is 0.00902. The van der Waals surface area contributed by atoms with E-state index in [1.807, 2.05) is 11.8 Å². The zero-order valence-corrected chi connectivity index (χ0v) is 66.8. The number of anilines is 2. The van der Waals surface area contributed by atoms with Gasteiger partial charge in [-0.3, -0.25) is 43.0 Å². The molecule has 0 aliphatic carbocycles. The maximum absolute atomic E-state index is 13.1. The normalized spacial score (nSPS) is 21.7. The van der Waals surface area contributed by atoms with Crippen LogP contribution in [0.3, 0.4) is 0 Å². The predicted molar refractivity (Wildman–Crippen MR) is 401 cm³/mol. The number of phosphoric ester groups is 2. The van der Waals surface area contributed by atoms with Gasteiger partial charge >= 0.3 is 53.0 Å². The number of aromatic nitrogens is 6. The molecular weight excluding hydrogens is 1730 g/mol. The quantitative estimate of drug-likeness (QED) is 0.00498. The predicted octanol–water partition coefficient (Wildman–Crippen LogP) is 1.28. The fourth-order valence-electron chi connectivity index (χ4n) is 11.4. The third-order valence-corrected chi connectivity index (χ3v) is 25.1. The second kappa shape index (κ2) is 43.3. The van der Waals surface area contributed by atoms with E-state index < -0.39 is 146 Å². The van der Waals surface area contributed by atoms with Gasteiger partial charge in [0.1, 0.15) is 57.1 Å². The van der Waals surface area contributed by atoms with Crippen LogP contribution in [0.2, 0.25) is 0 Å². The van der Waals surface area contributed by atoms with Crippen molar-refractivity contribution in [3.8, 4) is 29.4 Å². The Morgan fingerprint density at radius 3 is 1.79 bits per heavy atom. The van der Waals surface area contributed by atoms with Gasteiger partial charge in [-0.2, -0.15) is 39.0 Å². The summed E-state index contributed by atoms with van der Waals surface area (Å²) < 4.78 is 136. The van der Waals surface area contributed by atoms with Gasteiger partial charge in [0, 0.05) is 76.0 Å². The van der Waals surface area contributed by atoms with Gasteiger partial charge in [0.25, 0.3) is 17.0 Å². The third-order valence-electron chi connectivity index (χ3n) is 16.0. The highest BCUT2D eigenvalue weighted by atomic mass is 32.2. The van der Waals surface area contributed by atoms with Crippen LogP contribution in [0.4, 0.5) is 16.7 Å². The van der Waals surface area contributed by atoms with E-state index >= 15 is 0 Å². The molecule has 56 nitrogen and oxygen atoms in total. The number of ether oxygens (including phenoxy) is 7. The first kappa shape index (κ1) is 94.6. The lowest BCUT2D eigenvalue weighted by Gasteiger charge is -2.21. The van der Waals surface area contributed by atoms with E-state index in [4.69, 9.17) is 91.0 Å². The molecule has 4 aliphatic rings. The average Bonchev–Trinajstić information content (AvgIpc) is 1.61. The summed E-state index contributed by atoms with van der Waals surface area (Å²) in [5.41, 5.74) is 42.5. The fraction of sp³-hybridized carbons (Fsp3) is 0.527. The van der Waals surface area contributed by atoms with Crippen LogP contribution >= 0.6 is 58.7 Å². The maximum Gasteiger partial charge on any atom is 0.490 e. The van der Waals surface area contributed by atoms with Gasteiger partial charge in [0.05, 0.1) is 85.7 Å². The van der Waals surface area contributed by atoms with Gasteiger partial charge in [-0.1, -0.05) is 51.5 Å². The number of phosphoric acid groups is 6. The van der Waals surface area contributed by atoms with Crippen LogP contribution < -0.4 is 59.6 Å². The summed E-state index contributed by atoms with van der Waals surface area (Å²) in [5, 5.41) is 24.3. The smallest absolute Gasteiger partial charge is 0.490 e. The number of nitrogens with two attached hydrogens (primary N) is 3. The molecule has 4 fully saturated rings. The number of hydrogen-bond donors (Lipinski definition) is 18. The van der Waals surface area contributed by atoms with Gasteiger partial charge in [0.15, 0.2) is 17.5 Å². The van der Waals surface area contributed by atoms with Crippen LogP contribution in [0.5, 0.6) is 5.75 Å². The number of rotatable bonds is 42. The molecule has 644 valence electrons. The number of nitrogens with zero attached hydrogens (tertiary/aromatic N) is 13. The van der Waals surface area contributed by atoms with Crippen molar-refractivity contribution in [1.82, 2.24) is 55.7 Å². The number of benzene rings is 1. The molecule has 14 atom stereocenters. The van der Waals surface area contributed by atoms with Crippen LogP contribution in [0.25, 0.3) is 53.4 Å². The van der Waals surface area contributed by atoms with Gasteiger partial charge in [0.2, 0.25) is 23.7 Å². The van der Waals surface area contributed by atoms with Crippen molar-refractivity contribution in [2.24, 2.45) is 21.1 Å². The molecule has 0 saturated carbocycles. The van der Waals surface area contributed by atoms with Gasteiger partial charge in [-0.25, -0.2) is 32.2 Å². The van der Waals surface area contributed by atoms with Crippen LogP contribution in [-0.4, -0.2) is 225 Å². The summed E-state index contributed by atoms with van der Waals surface area (Å²) in [4.78, 5) is 169. The molecule has 4 aromatic heterocycles. The highest BCUT2D eigenvalue weighted by molar-refractivity contribution is 8.00. The van der Waals surface area contributed by atoms with Crippen LogP contribution in [-0.2, 0) is 91.7 Å². The Morgan fingerprint density at radius 1 is 0.703 bits per heavy atom. The monoisotopic (exact) mass is 1800 g/mol. The second-order valence-electron chi connectivity index (χ2n) is 24.3. The van der Waals surface area contributed by atoms with E-state index in [1.54, 1.807) is 18.2 Å². The molecule has 5 amide bonds. The number of thioether (sulfide) groups is 1. The molecule has 63 heteroatoms. The van der Waals surface area contributed by atoms with E-state index in [2.05, 4.69) is 122 Å². The summed E-state index contributed by atoms with van der Waals surface area (Å²) in [6, 6.07) is 6.37. The molecular formula is C55H75N23O33P6S. The van der Waals surface area contributed by atoms with E-state index in [-0.39, 0.29) is 139 Å². The van der Waals surface area contributed by atoms with Crippen LogP contribution in [0.15, 0.2) is 61.6 Å². The minimum atomic E-state index is -5.85. The topological polar surface area (TPSA) is 838 Å². The van der Waals surface area contributed by atoms with Gasteiger partial charge < -0.3 is 125 Å². The van der Waals surface area contributed by atoms with Gasteiger partial charge in [-0.15, -0.1) is 0 Å². The number of unbranched alkanes of at least 4 members (excludes halogenated alkanes) is 1. The molecule has 5 aromatic rings. The number of carbonyl (C=O) groups excluding carboxylic acids is 4. The number of azide groups is 3.